The van der Waals surface area contributed by atoms with Gasteiger partial charge in [-0.1, -0.05) is 17.7 Å². The van der Waals surface area contributed by atoms with E-state index in [4.69, 9.17) is 16.6 Å². The first kappa shape index (κ1) is 30.4. The summed E-state index contributed by atoms with van der Waals surface area (Å²) >= 11 is 6.04. The van der Waals surface area contributed by atoms with Crippen LogP contribution in [0.5, 0.6) is 0 Å². The number of aryl methyl sites for hydroxylation is 2. The highest BCUT2D eigenvalue weighted by Crippen LogP contribution is 2.31. The molecule has 3 aromatic heterocycles. The number of hydrogen-bond donors (Lipinski definition) is 2. The number of sulfonamides is 1. The van der Waals surface area contributed by atoms with E-state index >= 15 is 0 Å². The summed E-state index contributed by atoms with van der Waals surface area (Å²) in [5, 5.41) is 3.75. The van der Waals surface area contributed by atoms with Gasteiger partial charge in [-0.05, 0) is 57.4 Å². The summed E-state index contributed by atoms with van der Waals surface area (Å²) < 4.78 is 26.9. The summed E-state index contributed by atoms with van der Waals surface area (Å²) in [6.07, 6.45) is 6.35. The summed E-state index contributed by atoms with van der Waals surface area (Å²) in [5.41, 5.74) is 3.83. The SMILES string of the molecule is Cc1cc([C@@H](C)Nc2ccc(Cl)nc2C(=O)NS(C)(=O)=O)c2nc(N3CCC[C@@H](c4cnc(C)cn4)C3)n(C)c(=O)c2c1. The van der Waals surface area contributed by atoms with Crippen LogP contribution in [0.3, 0.4) is 0 Å². The highest BCUT2D eigenvalue weighted by atomic mass is 35.5. The Bertz CT molecular complexity index is 1880. The molecule has 0 spiro atoms. The molecular weight excluding hydrogens is 592 g/mol. The first-order valence-corrected chi connectivity index (χ1v) is 16.1. The molecule has 43 heavy (non-hydrogen) atoms. The molecule has 1 saturated heterocycles. The summed E-state index contributed by atoms with van der Waals surface area (Å²) in [7, 11) is -2.10. The van der Waals surface area contributed by atoms with E-state index in [1.807, 2.05) is 43.8 Å². The lowest BCUT2D eigenvalue weighted by Gasteiger charge is -2.34. The van der Waals surface area contributed by atoms with E-state index in [9.17, 15) is 18.0 Å². The molecule has 226 valence electrons. The lowest BCUT2D eigenvalue weighted by atomic mass is 9.95. The van der Waals surface area contributed by atoms with Crippen LogP contribution >= 0.6 is 11.6 Å². The van der Waals surface area contributed by atoms with Crippen LogP contribution in [-0.2, 0) is 17.1 Å². The van der Waals surface area contributed by atoms with Crippen molar-refractivity contribution in [2.24, 2.45) is 7.05 Å². The van der Waals surface area contributed by atoms with Crippen LogP contribution in [0, 0.1) is 13.8 Å². The van der Waals surface area contributed by atoms with Gasteiger partial charge in [0.15, 0.2) is 5.69 Å². The second kappa shape index (κ2) is 11.9. The first-order valence-electron chi connectivity index (χ1n) is 13.8. The van der Waals surface area contributed by atoms with Crippen molar-refractivity contribution in [1.29, 1.82) is 0 Å². The lowest BCUT2D eigenvalue weighted by molar-refractivity contribution is 0.0977. The maximum absolute atomic E-state index is 13.7. The number of hydrogen-bond acceptors (Lipinski definition) is 10. The monoisotopic (exact) mass is 624 g/mol. The van der Waals surface area contributed by atoms with Crippen molar-refractivity contribution in [2.45, 2.75) is 45.6 Å². The smallest absolute Gasteiger partial charge is 0.285 e. The van der Waals surface area contributed by atoms with Gasteiger partial charge in [0.2, 0.25) is 16.0 Å². The average molecular weight is 625 g/mol. The van der Waals surface area contributed by atoms with Gasteiger partial charge < -0.3 is 10.2 Å². The molecule has 0 aliphatic carbocycles. The molecule has 1 aromatic carbocycles. The molecule has 5 rings (SSSR count). The normalized spacial score (nSPS) is 16.2. The van der Waals surface area contributed by atoms with E-state index in [2.05, 4.69) is 25.2 Å². The third-order valence-corrected chi connectivity index (χ3v) is 8.21. The van der Waals surface area contributed by atoms with E-state index in [-0.39, 0.29) is 28.0 Å². The second-order valence-corrected chi connectivity index (χ2v) is 13.1. The molecule has 2 atom stereocenters. The minimum Gasteiger partial charge on any atom is -0.377 e. The average Bonchev–Trinajstić information content (AvgIpc) is 2.95. The number of carbonyl (C=O) groups excluding carboxylic acids is 1. The van der Waals surface area contributed by atoms with Crippen molar-refractivity contribution in [3.05, 3.63) is 80.4 Å². The van der Waals surface area contributed by atoms with E-state index in [1.54, 1.807) is 23.9 Å². The van der Waals surface area contributed by atoms with Gasteiger partial charge in [0, 0.05) is 44.0 Å². The van der Waals surface area contributed by atoms with Gasteiger partial charge in [0.1, 0.15) is 5.15 Å². The Labute approximate surface area is 254 Å². The zero-order chi connectivity index (χ0) is 31.1. The molecule has 1 aliphatic heterocycles. The van der Waals surface area contributed by atoms with Crippen LogP contribution in [0.4, 0.5) is 11.6 Å². The number of nitrogens with zero attached hydrogens (tertiary/aromatic N) is 6. The number of pyridine rings is 1. The molecule has 4 heterocycles. The zero-order valence-corrected chi connectivity index (χ0v) is 26.1. The third-order valence-electron chi connectivity index (χ3n) is 7.45. The molecule has 12 nitrogen and oxygen atoms in total. The minimum absolute atomic E-state index is 0.0316. The van der Waals surface area contributed by atoms with Crippen LogP contribution in [0.2, 0.25) is 5.15 Å². The molecule has 1 aliphatic rings. The molecule has 14 heteroatoms. The third kappa shape index (κ3) is 6.62. The molecule has 0 saturated carbocycles. The quantitative estimate of drug-likeness (QED) is 0.292. The molecule has 1 amide bonds. The maximum Gasteiger partial charge on any atom is 0.285 e. The number of nitrogens with one attached hydrogen (secondary N) is 2. The predicted molar refractivity (Wildman–Crippen MR) is 166 cm³/mol. The number of aromatic nitrogens is 5. The van der Waals surface area contributed by atoms with Crippen molar-refractivity contribution in [3.8, 4) is 0 Å². The fourth-order valence-corrected chi connectivity index (χ4v) is 6.00. The molecule has 0 radical (unpaired) electrons. The van der Waals surface area contributed by atoms with E-state index in [0.29, 0.717) is 23.4 Å². The van der Waals surface area contributed by atoms with Gasteiger partial charge in [-0.25, -0.2) is 23.1 Å². The largest absolute Gasteiger partial charge is 0.377 e. The Morgan fingerprint density at radius 3 is 2.60 bits per heavy atom. The van der Waals surface area contributed by atoms with Gasteiger partial charge in [-0.15, -0.1) is 0 Å². The Morgan fingerprint density at radius 1 is 1.14 bits per heavy atom. The topological polar surface area (TPSA) is 152 Å². The van der Waals surface area contributed by atoms with Gasteiger partial charge in [0.25, 0.3) is 11.5 Å². The van der Waals surface area contributed by atoms with E-state index in [1.165, 1.54) is 6.07 Å². The highest BCUT2D eigenvalue weighted by Gasteiger charge is 2.27. The Balaban J connectivity index is 1.53. The molecule has 1 fully saturated rings. The first-order chi connectivity index (χ1) is 20.3. The fourth-order valence-electron chi connectivity index (χ4n) is 5.42. The molecule has 0 bridgehead atoms. The zero-order valence-electron chi connectivity index (χ0n) is 24.5. The number of halogens is 1. The van der Waals surface area contributed by atoms with Crippen LogP contribution in [-0.4, -0.2) is 58.2 Å². The minimum atomic E-state index is -3.83. The number of anilines is 2. The van der Waals surface area contributed by atoms with Crippen LogP contribution in [0.15, 0.2) is 41.5 Å². The van der Waals surface area contributed by atoms with Gasteiger partial charge in [-0.2, -0.15) is 0 Å². The Hall–Kier alpha value is -4.10. The summed E-state index contributed by atoms with van der Waals surface area (Å²) in [6, 6.07) is 6.36. The number of rotatable bonds is 7. The van der Waals surface area contributed by atoms with Crippen molar-refractivity contribution in [1.82, 2.24) is 29.2 Å². The molecule has 2 N–H and O–H groups in total. The van der Waals surface area contributed by atoms with E-state index < -0.39 is 22.0 Å². The van der Waals surface area contributed by atoms with Crippen molar-refractivity contribution in [2.75, 3.05) is 29.6 Å². The summed E-state index contributed by atoms with van der Waals surface area (Å²) in [5.74, 6) is -0.205. The van der Waals surface area contributed by atoms with Crippen LogP contribution < -0.4 is 20.5 Å². The number of amides is 1. The maximum atomic E-state index is 13.7. The number of piperidine rings is 1. The predicted octanol–water partition coefficient (Wildman–Crippen LogP) is 3.64. The van der Waals surface area contributed by atoms with E-state index in [0.717, 1.165) is 48.2 Å². The van der Waals surface area contributed by atoms with Crippen LogP contribution in [0.25, 0.3) is 10.9 Å². The second-order valence-electron chi connectivity index (χ2n) is 11.0. The van der Waals surface area contributed by atoms with Crippen molar-refractivity contribution < 1.29 is 13.2 Å². The van der Waals surface area contributed by atoms with Crippen LogP contribution in [0.1, 0.15) is 64.7 Å². The number of fused-ring (bicyclic) bond motifs is 1. The van der Waals surface area contributed by atoms with Crippen molar-refractivity contribution in [3.63, 3.8) is 0 Å². The standard InChI is InChI=1S/C29H33ClN8O4S/c1-16-11-20(18(3)33-22-8-9-24(30)34-26(22)27(39)36-43(5,41)42)25-21(12-16)28(40)37(4)29(35-25)38-10-6-7-19(15-38)23-14-31-17(2)13-32-23/h8-9,11-14,18-19,33H,6-7,10,15H2,1-5H3,(H,36,39)/t18-,19-/m1/s1. The summed E-state index contributed by atoms with van der Waals surface area (Å²) in [6.45, 7) is 7.06. The number of carbonyl (C=O) groups is 1. The summed E-state index contributed by atoms with van der Waals surface area (Å²) in [4.78, 5) is 46.7. The Kier molecular flexibility index (Phi) is 8.39. The Morgan fingerprint density at radius 2 is 1.91 bits per heavy atom. The molecule has 0 unspecified atom stereocenters. The lowest BCUT2D eigenvalue weighted by Crippen LogP contribution is -2.39. The fraction of sp³-hybridized carbons (Fsp3) is 0.379. The van der Waals surface area contributed by atoms with Gasteiger partial charge in [-0.3, -0.25) is 24.1 Å². The molecule has 4 aromatic rings. The van der Waals surface area contributed by atoms with Gasteiger partial charge >= 0.3 is 0 Å². The highest BCUT2D eigenvalue weighted by molar-refractivity contribution is 7.89. The number of benzene rings is 1. The van der Waals surface area contributed by atoms with Crippen molar-refractivity contribution >= 4 is 50.1 Å². The molecular formula is C29H33ClN8O4S. The van der Waals surface area contributed by atoms with Gasteiger partial charge in [0.05, 0.1) is 40.3 Å².